The molecule has 1 aromatic rings. The number of aromatic nitrogens is 1. The minimum atomic E-state index is 0.475. The van der Waals surface area contributed by atoms with Crippen molar-refractivity contribution in [3.8, 4) is 0 Å². The highest BCUT2D eigenvalue weighted by Gasteiger charge is 2.14. The molecule has 0 unspecified atom stereocenters. The van der Waals surface area contributed by atoms with Crippen LogP contribution < -0.4 is 0 Å². The van der Waals surface area contributed by atoms with Crippen LogP contribution in [0.4, 0.5) is 0 Å². The molecule has 0 amide bonds. The topological polar surface area (TPSA) is 16.1 Å². The van der Waals surface area contributed by atoms with Gasteiger partial charge in [0.2, 0.25) is 0 Å². The van der Waals surface area contributed by atoms with E-state index in [9.17, 15) is 0 Å². The lowest BCUT2D eigenvalue weighted by molar-refractivity contribution is 0.172. The van der Waals surface area contributed by atoms with Gasteiger partial charge in [0, 0.05) is 6.54 Å². The fourth-order valence-corrected chi connectivity index (χ4v) is 1.91. The van der Waals surface area contributed by atoms with Crippen molar-refractivity contribution >= 4 is 23.2 Å². The van der Waals surface area contributed by atoms with Gasteiger partial charge in [0.1, 0.15) is 10.3 Å². The van der Waals surface area contributed by atoms with E-state index in [1.165, 1.54) is 19.5 Å². The maximum Gasteiger partial charge on any atom is 0.131 e. The predicted octanol–water partition coefficient (Wildman–Crippen LogP) is 2.59. The standard InChI is InChI=1S/C9H10Cl2N2/c10-8-4-7(5-9(11)12-8)6-13-2-1-3-13/h4-5H,1-3,6H2. The molecule has 0 N–H and O–H groups in total. The van der Waals surface area contributed by atoms with E-state index in [1.807, 2.05) is 12.1 Å². The van der Waals surface area contributed by atoms with Crippen molar-refractivity contribution in [2.45, 2.75) is 13.0 Å². The Hall–Kier alpha value is -0.310. The minimum Gasteiger partial charge on any atom is -0.299 e. The lowest BCUT2D eigenvalue weighted by Crippen LogP contribution is -2.36. The molecule has 2 heterocycles. The van der Waals surface area contributed by atoms with Crippen molar-refractivity contribution in [1.29, 1.82) is 0 Å². The molecule has 0 bridgehead atoms. The highest BCUT2D eigenvalue weighted by Crippen LogP contribution is 2.18. The second kappa shape index (κ2) is 3.82. The third kappa shape index (κ3) is 2.33. The van der Waals surface area contributed by atoms with E-state index < -0.39 is 0 Å². The molecule has 2 rings (SSSR count). The quantitative estimate of drug-likeness (QED) is 0.708. The van der Waals surface area contributed by atoms with Crippen LogP contribution in [0.1, 0.15) is 12.0 Å². The van der Waals surface area contributed by atoms with Gasteiger partial charge in [-0.25, -0.2) is 4.98 Å². The van der Waals surface area contributed by atoms with Gasteiger partial charge in [0.25, 0.3) is 0 Å². The smallest absolute Gasteiger partial charge is 0.131 e. The lowest BCUT2D eigenvalue weighted by Gasteiger charge is -2.30. The number of hydrogen-bond acceptors (Lipinski definition) is 2. The average molecular weight is 217 g/mol. The number of hydrogen-bond donors (Lipinski definition) is 0. The number of nitrogens with zero attached hydrogens (tertiary/aromatic N) is 2. The summed E-state index contributed by atoms with van der Waals surface area (Å²) in [6.45, 7) is 3.29. The van der Waals surface area contributed by atoms with Gasteiger partial charge in [-0.05, 0) is 37.2 Å². The Kier molecular flexibility index (Phi) is 2.72. The van der Waals surface area contributed by atoms with E-state index in [1.54, 1.807) is 0 Å². The van der Waals surface area contributed by atoms with Crippen LogP contribution in [0.15, 0.2) is 12.1 Å². The van der Waals surface area contributed by atoms with Gasteiger partial charge in [-0.1, -0.05) is 23.2 Å². The number of halogens is 2. The molecule has 0 aromatic carbocycles. The van der Waals surface area contributed by atoms with Crippen LogP contribution in [-0.4, -0.2) is 23.0 Å². The van der Waals surface area contributed by atoms with Crippen molar-refractivity contribution in [3.05, 3.63) is 28.0 Å². The molecule has 13 heavy (non-hydrogen) atoms. The van der Waals surface area contributed by atoms with Crippen LogP contribution in [0.3, 0.4) is 0 Å². The van der Waals surface area contributed by atoms with Crippen molar-refractivity contribution < 1.29 is 0 Å². The largest absolute Gasteiger partial charge is 0.299 e. The fourth-order valence-electron chi connectivity index (χ4n) is 1.40. The van der Waals surface area contributed by atoms with Gasteiger partial charge in [-0.15, -0.1) is 0 Å². The molecule has 70 valence electrons. The van der Waals surface area contributed by atoms with E-state index in [4.69, 9.17) is 23.2 Å². The van der Waals surface area contributed by atoms with Crippen LogP contribution in [-0.2, 0) is 6.54 Å². The summed E-state index contributed by atoms with van der Waals surface area (Å²) in [4.78, 5) is 6.25. The predicted molar refractivity (Wildman–Crippen MR) is 54.2 cm³/mol. The van der Waals surface area contributed by atoms with Crippen molar-refractivity contribution in [1.82, 2.24) is 9.88 Å². The van der Waals surface area contributed by atoms with E-state index in [2.05, 4.69) is 9.88 Å². The van der Waals surface area contributed by atoms with E-state index in [-0.39, 0.29) is 0 Å². The van der Waals surface area contributed by atoms with Gasteiger partial charge >= 0.3 is 0 Å². The van der Waals surface area contributed by atoms with Gasteiger partial charge < -0.3 is 0 Å². The molecule has 0 spiro atoms. The molecule has 1 aromatic heterocycles. The van der Waals surface area contributed by atoms with Gasteiger partial charge in [0.05, 0.1) is 0 Å². The highest BCUT2D eigenvalue weighted by molar-refractivity contribution is 6.32. The molecule has 1 saturated heterocycles. The highest BCUT2D eigenvalue weighted by atomic mass is 35.5. The second-order valence-electron chi connectivity index (χ2n) is 3.25. The first kappa shape index (κ1) is 9.25. The van der Waals surface area contributed by atoms with Crippen LogP contribution >= 0.6 is 23.2 Å². The Labute approximate surface area is 87.5 Å². The van der Waals surface area contributed by atoms with Crippen molar-refractivity contribution in [3.63, 3.8) is 0 Å². The van der Waals surface area contributed by atoms with Gasteiger partial charge in [-0.3, -0.25) is 4.90 Å². The summed E-state index contributed by atoms with van der Waals surface area (Å²) in [5.74, 6) is 0. The zero-order valence-corrected chi connectivity index (χ0v) is 8.65. The lowest BCUT2D eigenvalue weighted by atomic mass is 10.2. The molecule has 4 heteroatoms. The summed E-state index contributed by atoms with van der Waals surface area (Å²) >= 11 is 11.6. The number of likely N-dealkylation sites (tertiary alicyclic amines) is 1. The molecule has 0 radical (unpaired) electrons. The van der Waals surface area contributed by atoms with Crippen LogP contribution in [0, 0.1) is 0 Å². The third-order valence-electron chi connectivity index (χ3n) is 2.18. The van der Waals surface area contributed by atoms with Crippen LogP contribution in [0.5, 0.6) is 0 Å². The molecular weight excluding hydrogens is 207 g/mol. The summed E-state index contributed by atoms with van der Waals surface area (Å²) < 4.78 is 0. The Balaban J connectivity index is 2.10. The summed E-state index contributed by atoms with van der Waals surface area (Å²) in [7, 11) is 0. The summed E-state index contributed by atoms with van der Waals surface area (Å²) in [6.07, 6.45) is 1.30. The van der Waals surface area contributed by atoms with Gasteiger partial charge in [0.15, 0.2) is 0 Å². The first-order valence-corrected chi connectivity index (χ1v) is 5.04. The maximum absolute atomic E-state index is 5.78. The van der Waals surface area contributed by atoms with Crippen LogP contribution in [0.2, 0.25) is 10.3 Å². The molecule has 1 aliphatic rings. The molecule has 0 aliphatic carbocycles. The molecular formula is C9H10Cl2N2. The Morgan fingerprint density at radius 3 is 2.31 bits per heavy atom. The Morgan fingerprint density at radius 2 is 1.85 bits per heavy atom. The number of pyridine rings is 1. The second-order valence-corrected chi connectivity index (χ2v) is 4.03. The first-order chi connectivity index (χ1) is 6.24. The van der Waals surface area contributed by atoms with Crippen molar-refractivity contribution in [2.75, 3.05) is 13.1 Å². The first-order valence-electron chi connectivity index (χ1n) is 4.28. The van der Waals surface area contributed by atoms with Gasteiger partial charge in [-0.2, -0.15) is 0 Å². The third-order valence-corrected chi connectivity index (χ3v) is 2.56. The van der Waals surface area contributed by atoms with Crippen molar-refractivity contribution in [2.24, 2.45) is 0 Å². The fraction of sp³-hybridized carbons (Fsp3) is 0.444. The average Bonchev–Trinajstić information content (AvgIpc) is 1.95. The molecule has 0 saturated carbocycles. The summed E-state index contributed by atoms with van der Waals surface area (Å²) in [5, 5.41) is 0.950. The zero-order valence-electron chi connectivity index (χ0n) is 7.13. The molecule has 2 nitrogen and oxygen atoms in total. The molecule has 0 atom stereocenters. The molecule has 1 fully saturated rings. The summed E-state index contributed by atoms with van der Waals surface area (Å²) in [6, 6.07) is 3.73. The van der Waals surface area contributed by atoms with E-state index >= 15 is 0 Å². The Bertz CT molecular complexity index is 290. The SMILES string of the molecule is Clc1cc(CN2CCC2)cc(Cl)n1. The number of rotatable bonds is 2. The molecule has 1 aliphatic heterocycles. The minimum absolute atomic E-state index is 0.475. The maximum atomic E-state index is 5.78. The van der Waals surface area contributed by atoms with E-state index in [0.717, 1.165) is 12.1 Å². The monoisotopic (exact) mass is 216 g/mol. The Morgan fingerprint density at radius 1 is 1.23 bits per heavy atom. The van der Waals surface area contributed by atoms with E-state index in [0.29, 0.717) is 10.3 Å². The van der Waals surface area contributed by atoms with Crippen LogP contribution in [0.25, 0.3) is 0 Å². The summed E-state index contributed by atoms with van der Waals surface area (Å²) in [5.41, 5.74) is 1.14. The normalized spacial score (nSPS) is 17.1. The zero-order chi connectivity index (χ0) is 9.26.